The molecule has 0 saturated carbocycles. The van der Waals surface area contributed by atoms with Crippen LogP contribution in [-0.2, 0) is 13.1 Å². The maximum absolute atomic E-state index is 5.37. The fourth-order valence-corrected chi connectivity index (χ4v) is 2.26. The minimum Gasteiger partial charge on any atom is -0.496 e. The number of para-hydroxylation sites is 1. The van der Waals surface area contributed by atoms with Crippen LogP contribution in [0.3, 0.4) is 0 Å². The van der Waals surface area contributed by atoms with Gasteiger partial charge in [0.1, 0.15) is 17.2 Å². The van der Waals surface area contributed by atoms with Gasteiger partial charge in [0.25, 0.3) is 0 Å². The highest BCUT2D eigenvalue weighted by atomic mass is 16.5. The molecule has 0 aromatic heterocycles. The molecule has 0 spiro atoms. The summed E-state index contributed by atoms with van der Waals surface area (Å²) in [5.74, 6) is 2.46. The van der Waals surface area contributed by atoms with Crippen molar-refractivity contribution in [2.24, 2.45) is 0 Å². The number of methoxy groups -OCH3 is 3. The van der Waals surface area contributed by atoms with Crippen molar-refractivity contribution in [1.82, 2.24) is 10.9 Å². The fourth-order valence-electron chi connectivity index (χ4n) is 2.26. The number of ether oxygens (including phenoxy) is 3. The van der Waals surface area contributed by atoms with Gasteiger partial charge in [0.2, 0.25) is 0 Å². The van der Waals surface area contributed by atoms with Crippen molar-refractivity contribution in [3.63, 3.8) is 0 Å². The summed E-state index contributed by atoms with van der Waals surface area (Å²) >= 11 is 0. The molecule has 0 aliphatic carbocycles. The highest BCUT2D eigenvalue weighted by Gasteiger charge is 2.09. The molecular weight excluding hydrogens is 280 g/mol. The molecule has 2 aromatic rings. The van der Waals surface area contributed by atoms with Crippen LogP contribution < -0.4 is 25.1 Å². The molecule has 0 unspecified atom stereocenters. The molecule has 118 valence electrons. The third-order valence-electron chi connectivity index (χ3n) is 3.39. The van der Waals surface area contributed by atoms with E-state index in [2.05, 4.69) is 10.9 Å². The summed E-state index contributed by atoms with van der Waals surface area (Å²) in [7, 11) is 4.98. The molecule has 2 rings (SSSR count). The van der Waals surface area contributed by atoms with Crippen LogP contribution in [0, 0.1) is 0 Å². The summed E-state index contributed by atoms with van der Waals surface area (Å²) in [5.41, 5.74) is 8.43. The zero-order valence-corrected chi connectivity index (χ0v) is 13.2. The highest BCUT2D eigenvalue weighted by molar-refractivity contribution is 5.44. The maximum Gasteiger partial charge on any atom is 0.127 e. The van der Waals surface area contributed by atoms with Crippen LogP contribution in [0.1, 0.15) is 11.1 Å². The molecule has 22 heavy (non-hydrogen) atoms. The lowest BCUT2D eigenvalue weighted by molar-refractivity contribution is 0.377. The van der Waals surface area contributed by atoms with Gasteiger partial charge in [-0.15, -0.1) is 0 Å². The number of benzene rings is 2. The van der Waals surface area contributed by atoms with Gasteiger partial charge in [-0.2, -0.15) is 0 Å². The molecule has 5 heteroatoms. The van der Waals surface area contributed by atoms with Crippen LogP contribution in [0.5, 0.6) is 17.2 Å². The van der Waals surface area contributed by atoms with Gasteiger partial charge in [-0.25, -0.2) is 0 Å². The Hall–Kier alpha value is -2.24. The van der Waals surface area contributed by atoms with Crippen molar-refractivity contribution in [2.75, 3.05) is 21.3 Å². The molecule has 0 radical (unpaired) electrons. The Morgan fingerprint density at radius 1 is 0.682 bits per heavy atom. The van der Waals surface area contributed by atoms with Gasteiger partial charge in [0, 0.05) is 18.7 Å². The standard InChI is InChI=1S/C17H22N2O3/c1-20-15-8-5-4-7-13(15)11-18-19-12-14-16(21-2)9-6-10-17(14)22-3/h4-10,18-19H,11-12H2,1-3H3. The predicted molar refractivity (Wildman–Crippen MR) is 86.2 cm³/mol. The van der Waals surface area contributed by atoms with Crippen molar-refractivity contribution >= 4 is 0 Å². The lowest BCUT2D eigenvalue weighted by Gasteiger charge is -2.15. The molecule has 0 saturated heterocycles. The van der Waals surface area contributed by atoms with E-state index in [0.29, 0.717) is 13.1 Å². The molecule has 5 nitrogen and oxygen atoms in total. The number of rotatable bonds is 8. The monoisotopic (exact) mass is 302 g/mol. The Morgan fingerprint density at radius 3 is 1.86 bits per heavy atom. The Labute approximate surface area is 131 Å². The van der Waals surface area contributed by atoms with Gasteiger partial charge in [0.05, 0.1) is 26.9 Å². The smallest absolute Gasteiger partial charge is 0.127 e. The first-order valence-electron chi connectivity index (χ1n) is 7.07. The lowest BCUT2D eigenvalue weighted by atomic mass is 10.2. The summed E-state index contributed by atoms with van der Waals surface area (Å²) in [4.78, 5) is 0. The molecule has 2 N–H and O–H groups in total. The summed E-state index contributed by atoms with van der Waals surface area (Å²) < 4.78 is 16.1. The fraction of sp³-hybridized carbons (Fsp3) is 0.294. The average molecular weight is 302 g/mol. The van der Waals surface area contributed by atoms with Crippen LogP contribution >= 0.6 is 0 Å². The van der Waals surface area contributed by atoms with Crippen molar-refractivity contribution in [3.05, 3.63) is 53.6 Å². The predicted octanol–water partition coefficient (Wildman–Crippen LogP) is 2.51. The maximum atomic E-state index is 5.37. The van der Waals surface area contributed by atoms with E-state index in [4.69, 9.17) is 14.2 Å². The molecule has 0 atom stereocenters. The van der Waals surface area contributed by atoms with Crippen LogP contribution in [0.2, 0.25) is 0 Å². The molecular formula is C17H22N2O3. The van der Waals surface area contributed by atoms with Gasteiger partial charge >= 0.3 is 0 Å². The van der Waals surface area contributed by atoms with Gasteiger partial charge in [-0.3, -0.25) is 10.9 Å². The van der Waals surface area contributed by atoms with E-state index in [-0.39, 0.29) is 0 Å². The number of hydrogen-bond donors (Lipinski definition) is 2. The second-order valence-electron chi connectivity index (χ2n) is 4.66. The van der Waals surface area contributed by atoms with E-state index in [1.807, 2.05) is 42.5 Å². The van der Waals surface area contributed by atoms with E-state index in [1.165, 1.54) is 0 Å². The van der Waals surface area contributed by atoms with Crippen molar-refractivity contribution in [2.45, 2.75) is 13.1 Å². The summed E-state index contributed by atoms with van der Waals surface area (Å²) in [5, 5.41) is 0. The summed E-state index contributed by atoms with van der Waals surface area (Å²) in [6.07, 6.45) is 0. The van der Waals surface area contributed by atoms with Gasteiger partial charge < -0.3 is 14.2 Å². The summed E-state index contributed by atoms with van der Waals surface area (Å²) in [6, 6.07) is 13.7. The molecule has 0 fully saturated rings. The third-order valence-corrected chi connectivity index (χ3v) is 3.39. The molecule has 0 amide bonds. The SMILES string of the molecule is COc1ccccc1CNNCc1c(OC)cccc1OC. The van der Waals surface area contributed by atoms with Crippen molar-refractivity contribution in [3.8, 4) is 17.2 Å². The van der Waals surface area contributed by atoms with E-state index in [9.17, 15) is 0 Å². The Kier molecular flexibility index (Phi) is 6.06. The topological polar surface area (TPSA) is 51.8 Å². The highest BCUT2D eigenvalue weighted by Crippen LogP contribution is 2.27. The quantitative estimate of drug-likeness (QED) is 0.579. The number of hydrogen-bond acceptors (Lipinski definition) is 5. The second-order valence-corrected chi connectivity index (χ2v) is 4.66. The first-order valence-corrected chi connectivity index (χ1v) is 7.07. The molecule has 0 heterocycles. The van der Waals surface area contributed by atoms with Crippen LogP contribution in [0.15, 0.2) is 42.5 Å². The average Bonchev–Trinajstić information content (AvgIpc) is 2.58. The number of hydrazine groups is 1. The zero-order chi connectivity index (χ0) is 15.8. The Bertz CT molecular complexity index is 580. The third kappa shape index (κ3) is 3.90. The Morgan fingerprint density at radius 2 is 1.23 bits per heavy atom. The van der Waals surface area contributed by atoms with Crippen LogP contribution in [-0.4, -0.2) is 21.3 Å². The van der Waals surface area contributed by atoms with E-state index < -0.39 is 0 Å². The molecule has 0 aliphatic heterocycles. The second kappa shape index (κ2) is 8.26. The minimum atomic E-state index is 0.586. The molecule has 2 aromatic carbocycles. The normalized spacial score (nSPS) is 10.3. The zero-order valence-electron chi connectivity index (χ0n) is 13.2. The van der Waals surface area contributed by atoms with Crippen LogP contribution in [0.25, 0.3) is 0 Å². The van der Waals surface area contributed by atoms with E-state index >= 15 is 0 Å². The molecule has 0 aliphatic rings. The minimum absolute atomic E-state index is 0.586. The first-order chi connectivity index (χ1) is 10.8. The summed E-state index contributed by atoms with van der Waals surface area (Å²) in [6.45, 7) is 1.24. The van der Waals surface area contributed by atoms with Crippen molar-refractivity contribution in [1.29, 1.82) is 0 Å². The largest absolute Gasteiger partial charge is 0.496 e. The molecule has 0 bridgehead atoms. The number of nitrogens with one attached hydrogen (secondary N) is 2. The van der Waals surface area contributed by atoms with E-state index in [0.717, 1.165) is 28.4 Å². The Balaban J connectivity index is 1.94. The first kappa shape index (κ1) is 16.1. The van der Waals surface area contributed by atoms with Gasteiger partial charge in [0.15, 0.2) is 0 Å². The lowest BCUT2D eigenvalue weighted by Crippen LogP contribution is -2.31. The van der Waals surface area contributed by atoms with Gasteiger partial charge in [-0.1, -0.05) is 24.3 Å². The van der Waals surface area contributed by atoms with Crippen molar-refractivity contribution < 1.29 is 14.2 Å². The van der Waals surface area contributed by atoms with Crippen LogP contribution in [0.4, 0.5) is 0 Å². The van der Waals surface area contributed by atoms with E-state index in [1.54, 1.807) is 21.3 Å². The van der Waals surface area contributed by atoms with Gasteiger partial charge in [-0.05, 0) is 18.2 Å².